The van der Waals surface area contributed by atoms with E-state index in [1.165, 1.54) is 83.1 Å². The lowest BCUT2D eigenvalue weighted by Crippen LogP contribution is -2.37. The van der Waals surface area contributed by atoms with Gasteiger partial charge in [-0.05, 0) is 104 Å². The smallest absolute Gasteiger partial charge is 0.0743 e. The molecule has 0 N–H and O–H groups in total. The molecule has 1 aromatic heterocycles. The summed E-state index contributed by atoms with van der Waals surface area (Å²) in [4.78, 5) is 2.45. The van der Waals surface area contributed by atoms with Crippen molar-refractivity contribution >= 4 is 38.9 Å². The van der Waals surface area contributed by atoms with Gasteiger partial charge in [0.15, 0.2) is 0 Å². The fourth-order valence-electron chi connectivity index (χ4n) is 10.4. The minimum atomic E-state index is -0.623. The molecule has 0 spiro atoms. The molecule has 1 aliphatic rings. The predicted molar refractivity (Wildman–Crippen MR) is 264 cm³/mol. The highest BCUT2D eigenvalue weighted by Crippen LogP contribution is 2.58. The highest BCUT2D eigenvalue weighted by Gasteiger charge is 2.46. The number of nitrogens with zero attached hydrogens (tertiary/aromatic N) is 2. The standard InChI is InChI=1S/C61H42N2/c1-6-21-43(22-7-1)50-32-20-33-51(60(50)44-23-8-2-9-24-44)45-37-39-53-52-31-16-18-35-56(52)63(59(53)41-45)49-38-40-58-55(42-49)61(46-25-10-3-11-26-46,47-27-12-4-13-28-47)54-34-17-19-36-57(54)62(58)48-29-14-5-15-30-48/h1-42H. The topological polar surface area (TPSA) is 8.17 Å². The van der Waals surface area contributed by atoms with Crippen LogP contribution < -0.4 is 4.90 Å². The van der Waals surface area contributed by atoms with Gasteiger partial charge in [-0.3, -0.25) is 0 Å². The van der Waals surface area contributed by atoms with Crippen molar-refractivity contribution < 1.29 is 0 Å². The van der Waals surface area contributed by atoms with Crippen molar-refractivity contribution in [1.29, 1.82) is 0 Å². The van der Waals surface area contributed by atoms with Crippen LogP contribution in [0.25, 0.3) is 60.9 Å². The molecular formula is C61H42N2. The maximum Gasteiger partial charge on any atom is 0.0743 e. The highest BCUT2D eigenvalue weighted by molar-refractivity contribution is 6.11. The Bertz CT molecular complexity index is 3390. The molecule has 11 aromatic rings. The minimum Gasteiger partial charge on any atom is -0.310 e. The van der Waals surface area contributed by atoms with Gasteiger partial charge in [0.25, 0.3) is 0 Å². The van der Waals surface area contributed by atoms with Crippen LogP contribution in [0.4, 0.5) is 17.1 Å². The molecule has 2 heteroatoms. The third-order valence-corrected chi connectivity index (χ3v) is 13.1. The number of rotatable bonds is 7. The lowest BCUT2D eigenvalue weighted by molar-refractivity contribution is 0.730. The second kappa shape index (κ2) is 15.1. The summed E-state index contributed by atoms with van der Waals surface area (Å²) in [5, 5.41) is 2.45. The first-order chi connectivity index (χ1) is 31.3. The van der Waals surface area contributed by atoms with Gasteiger partial charge in [-0.15, -0.1) is 0 Å². The number of fused-ring (bicyclic) bond motifs is 5. The minimum absolute atomic E-state index is 0.623. The SMILES string of the molecule is c1ccc(-c2cccc(-c3ccc4c5ccccc5n(-c5ccc6c(c5)C(c5ccccc5)(c5ccccc5)c5ccccc5N6c5ccccc5)c4c3)c2-c2ccccc2)cc1. The monoisotopic (exact) mass is 802 g/mol. The molecule has 296 valence electrons. The molecule has 0 saturated heterocycles. The molecular weight excluding hydrogens is 761 g/mol. The quantitative estimate of drug-likeness (QED) is 0.156. The summed E-state index contributed by atoms with van der Waals surface area (Å²) in [6.07, 6.45) is 0. The number of aromatic nitrogens is 1. The first kappa shape index (κ1) is 36.6. The fourth-order valence-corrected chi connectivity index (χ4v) is 10.4. The second-order valence-electron chi connectivity index (χ2n) is 16.4. The van der Waals surface area contributed by atoms with Gasteiger partial charge >= 0.3 is 0 Å². The Balaban J connectivity index is 1.16. The Morgan fingerprint density at radius 3 is 1.54 bits per heavy atom. The number of para-hydroxylation sites is 3. The third kappa shape index (κ3) is 5.80. The summed E-state index contributed by atoms with van der Waals surface area (Å²) in [5.74, 6) is 0. The van der Waals surface area contributed by atoms with Gasteiger partial charge in [-0.25, -0.2) is 0 Å². The molecule has 2 nitrogen and oxygen atoms in total. The molecule has 0 fully saturated rings. The zero-order valence-corrected chi connectivity index (χ0v) is 34.6. The molecule has 2 heterocycles. The molecule has 0 bridgehead atoms. The molecule has 0 aliphatic carbocycles. The molecule has 1 aliphatic heterocycles. The molecule has 0 unspecified atom stereocenters. The highest BCUT2D eigenvalue weighted by atomic mass is 15.2. The van der Waals surface area contributed by atoms with E-state index in [-0.39, 0.29) is 0 Å². The number of anilines is 3. The van der Waals surface area contributed by atoms with E-state index < -0.39 is 5.41 Å². The maximum atomic E-state index is 2.49. The fraction of sp³-hybridized carbons (Fsp3) is 0.0164. The van der Waals surface area contributed by atoms with Crippen LogP contribution in [0.1, 0.15) is 22.3 Å². The summed E-state index contributed by atoms with van der Waals surface area (Å²) in [5.41, 5.74) is 18.4. The average molecular weight is 803 g/mol. The number of hydrogen-bond donors (Lipinski definition) is 0. The summed E-state index contributed by atoms with van der Waals surface area (Å²) in [7, 11) is 0. The summed E-state index contributed by atoms with van der Waals surface area (Å²) in [6.45, 7) is 0. The summed E-state index contributed by atoms with van der Waals surface area (Å²) in [6, 6.07) is 93.4. The van der Waals surface area contributed by atoms with Crippen molar-refractivity contribution in [3.05, 3.63) is 277 Å². The van der Waals surface area contributed by atoms with Crippen LogP contribution in [0.3, 0.4) is 0 Å². The van der Waals surface area contributed by atoms with Crippen LogP contribution in [0, 0.1) is 0 Å². The van der Waals surface area contributed by atoms with Crippen molar-refractivity contribution in [1.82, 2.24) is 4.57 Å². The van der Waals surface area contributed by atoms with E-state index in [1.54, 1.807) is 0 Å². The predicted octanol–water partition coefficient (Wildman–Crippen LogP) is 16.0. The number of benzene rings is 10. The molecule has 12 rings (SSSR count). The van der Waals surface area contributed by atoms with E-state index >= 15 is 0 Å². The summed E-state index contributed by atoms with van der Waals surface area (Å²) >= 11 is 0. The van der Waals surface area contributed by atoms with Crippen LogP contribution in [-0.2, 0) is 5.41 Å². The van der Waals surface area contributed by atoms with Crippen molar-refractivity contribution in [2.75, 3.05) is 4.90 Å². The maximum absolute atomic E-state index is 2.49. The van der Waals surface area contributed by atoms with E-state index in [0.717, 1.165) is 17.1 Å². The lowest BCUT2D eigenvalue weighted by atomic mass is 9.62. The van der Waals surface area contributed by atoms with Gasteiger partial charge in [0.2, 0.25) is 0 Å². The average Bonchev–Trinajstić information content (AvgIpc) is 3.70. The first-order valence-electron chi connectivity index (χ1n) is 21.8. The van der Waals surface area contributed by atoms with Crippen molar-refractivity contribution in [2.45, 2.75) is 5.41 Å². The Hall–Kier alpha value is -8.20. The van der Waals surface area contributed by atoms with Gasteiger partial charge in [-0.1, -0.05) is 206 Å². The molecule has 63 heavy (non-hydrogen) atoms. The van der Waals surface area contributed by atoms with Gasteiger partial charge in [0.05, 0.1) is 27.8 Å². The van der Waals surface area contributed by atoms with Gasteiger partial charge in [-0.2, -0.15) is 0 Å². The Morgan fingerprint density at radius 1 is 0.302 bits per heavy atom. The summed E-state index contributed by atoms with van der Waals surface area (Å²) < 4.78 is 2.49. The van der Waals surface area contributed by atoms with Gasteiger partial charge in [0, 0.05) is 22.1 Å². The lowest BCUT2D eigenvalue weighted by Gasteiger charge is -2.46. The van der Waals surface area contributed by atoms with Crippen LogP contribution >= 0.6 is 0 Å². The van der Waals surface area contributed by atoms with Crippen LogP contribution in [0.5, 0.6) is 0 Å². The van der Waals surface area contributed by atoms with Gasteiger partial charge in [0.1, 0.15) is 0 Å². The Kier molecular flexibility index (Phi) is 8.76. The molecule has 0 amide bonds. The van der Waals surface area contributed by atoms with E-state index in [2.05, 4.69) is 264 Å². The third-order valence-electron chi connectivity index (χ3n) is 13.1. The molecule has 0 atom stereocenters. The van der Waals surface area contributed by atoms with E-state index in [4.69, 9.17) is 0 Å². The van der Waals surface area contributed by atoms with Gasteiger partial charge < -0.3 is 9.47 Å². The number of hydrogen-bond acceptors (Lipinski definition) is 1. The zero-order valence-electron chi connectivity index (χ0n) is 34.6. The van der Waals surface area contributed by atoms with E-state index in [9.17, 15) is 0 Å². The van der Waals surface area contributed by atoms with Crippen LogP contribution in [0.15, 0.2) is 255 Å². The van der Waals surface area contributed by atoms with Crippen molar-refractivity contribution in [2.24, 2.45) is 0 Å². The Labute approximate surface area is 368 Å². The van der Waals surface area contributed by atoms with Crippen molar-refractivity contribution in [3.8, 4) is 39.1 Å². The second-order valence-corrected chi connectivity index (χ2v) is 16.4. The van der Waals surface area contributed by atoms with E-state index in [0.29, 0.717) is 0 Å². The van der Waals surface area contributed by atoms with Crippen molar-refractivity contribution in [3.63, 3.8) is 0 Å². The largest absolute Gasteiger partial charge is 0.310 e. The van der Waals surface area contributed by atoms with Crippen LogP contribution in [0.2, 0.25) is 0 Å². The van der Waals surface area contributed by atoms with Crippen LogP contribution in [-0.4, -0.2) is 4.57 Å². The Morgan fingerprint density at radius 2 is 0.841 bits per heavy atom. The first-order valence-corrected chi connectivity index (χ1v) is 21.8. The normalized spacial score (nSPS) is 12.9. The zero-order chi connectivity index (χ0) is 41.7. The molecule has 0 radical (unpaired) electrons. The molecule has 0 saturated carbocycles. The molecule has 10 aromatic carbocycles. The van der Waals surface area contributed by atoms with E-state index in [1.807, 2.05) is 0 Å².